The van der Waals surface area contributed by atoms with Gasteiger partial charge >= 0.3 is 0 Å². The highest BCUT2D eigenvalue weighted by Gasteiger charge is 2.07. The molecule has 1 fully saturated rings. The number of ether oxygens (including phenoxy) is 1. The van der Waals surface area contributed by atoms with Crippen LogP contribution in [0.15, 0.2) is 5.57 Å². The molecule has 1 saturated carbocycles. The standard InChI is InChI=1S/C11H17N3O/c1-15-8-11-12-10(13-14-11)7-9-5-3-2-4-6-9/h7H,2-6,8H2,1H3,(H,12,13,14). The van der Waals surface area contributed by atoms with Crippen molar-refractivity contribution in [1.82, 2.24) is 15.2 Å². The lowest BCUT2D eigenvalue weighted by atomic mass is 9.95. The highest BCUT2D eigenvalue weighted by atomic mass is 16.5. The summed E-state index contributed by atoms with van der Waals surface area (Å²) in [5.41, 5.74) is 1.48. The van der Waals surface area contributed by atoms with Crippen molar-refractivity contribution in [3.8, 4) is 0 Å². The van der Waals surface area contributed by atoms with Crippen LogP contribution in [-0.2, 0) is 11.3 Å². The zero-order chi connectivity index (χ0) is 10.5. The predicted octanol–water partition coefficient (Wildman–Crippen LogP) is 2.30. The fraction of sp³-hybridized carbons (Fsp3) is 0.636. The van der Waals surface area contributed by atoms with Crippen LogP contribution in [0.4, 0.5) is 0 Å². The molecular weight excluding hydrogens is 190 g/mol. The second-order valence-electron chi connectivity index (χ2n) is 3.94. The first kappa shape index (κ1) is 10.4. The van der Waals surface area contributed by atoms with Gasteiger partial charge in [0.05, 0.1) is 0 Å². The number of nitrogens with one attached hydrogen (secondary N) is 1. The van der Waals surface area contributed by atoms with Gasteiger partial charge in [-0.3, -0.25) is 5.10 Å². The molecule has 4 heteroatoms. The van der Waals surface area contributed by atoms with Crippen LogP contribution in [0.3, 0.4) is 0 Å². The Hall–Kier alpha value is -1.16. The number of hydrogen-bond donors (Lipinski definition) is 1. The van der Waals surface area contributed by atoms with Gasteiger partial charge in [-0.2, -0.15) is 5.10 Å². The molecule has 0 spiro atoms. The van der Waals surface area contributed by atoms with Crippen LogP contribution >= 0.6 is 0 Å². The molecule has 0 amide bonds. The summed E-state index contributed by atoms with van der Waals surface area (Å²) in [6.07, 6.45) is 8.49. The fourth-order valence-corrected chi connectivity index (χ4v) is 1.91. The minimum atomic E-state index is 0.496. The SMILES string of the molecule is COCc1nc(C=C2CCCCC2)n[nH]1. The molecule has 2 rings (SSSR count). The van der Waals surface area contributed by atoms with Crippen LogP contribution in [0.25, 0.3) is 6.08 Å². The Morgan fingerprint density at radius 2 is 2.13 bits per heavy atom. The van der Waals surface area contributed by atoms with E-state index in [0.717, 1.165) is 11.6 Å². The Bertz CT molecular complexity index is 335. The minimum absolute atomic E-state index is 0.496. The second-order valence-corrected chi connectivity index (χ2v) is 3.94. The van der Waals surface area contributed by atoms with Gasteiger partial charge in [-0.25, -0.2) is 4.98 Å². The molecule has 1 aliphatic rings. The first-order chi connectivity index (χ1) is 7.38. The van der Waals surface area contributed by atoms with Crippen molar-refractivity contribution < 1.29 is 4.74 Å². The lowest BCUT2D eigenvalue weighted by molar-refractivity contribution is 0.178. The average Bonchev–Trinajstić information content (AvgIpc) is 2.68. The van der Waals surface area contributed by atoms with E-state index < -0.39 is 0 Å². The third-order valence-corrected chi connectivity index (χ3v) is 2.66. The number of aromatic nitrogens is 3. The molecule has 1 N–H and O–H groups in total. The summed E-state index contributed by atoms with van der Waals surface area (Å²) in [6, 6.07) is 0. The molecule has 0 atom stereocenters. The van der Waals surface area contributed by atoms with E-state index in [9.17, 15) is 0 Å². The summed E-state index contributed by atoms with van der Waals surface area (Å²) in [5.74, 6) is 1.58. The van der Waals surface area contributed by atoms with Gasteiger partial charge < -0.3 is 4.74 Å². The van der Waals surface area contributed by atoms with E-state index in [-0.39, 0.29) is 0 Å². The van der Waals surface area contributed by atoms with Crippen LogP contribution in [0.2, 0.25) is 0 Å². The topological polar surface area (TPSA) is 50.8 Å². The molecule has 1 heterocycles. The Morgan fingerprint density at radius 3 is 2.87 bits per heavy atom. The minimum Gasteiger partial charge on any atom is -0.377 e. The van der Waals surface area contributed by atoms with Crippen molar-refractivity contribution in [1.29, 1.82) is 0 Å². The van der Waals surface area contributed by atoms with Gasteiger partial charge in [0.15, 0.2) is 11.6 Å². The Balaban J connectivity index is 2.02. The van der Waals surface area contributed by atoms with E-state index in [2.05, 4.69) is 21.3 Å². The summed E-state index contributed by atoms with van der Waals surface area (Å²) in [7, 11) is 1.65. The Labute approximate surface area is 89.8 Å². The summed E-state index contributed by atoms with van der Waals surface area (Å²) in [6.45, 7) is 0.496. The van der Waals surface area contributed by atoms with Crippen LogP contribution in [-0.4, -0.2) is 22.3 Å². The number of rotatable bonds is 3. The van der Waals surface area contributed by atoms with Gasteiger partial charge in [0, 0.05) is 7.11 Å². The number of nitrogens with zero attached hydrogens (tertiary/aromatic N) is 2. The second kappa shape index (κ2) is 5.07. The van der Waals surface area contributed by atoms with Crippen LogP contribution < -0.4 is 0 Å². The maximum Gasteiger partial charge on any atom is 0.173 e. The maximum atomic E-state index is 4.98. The van der Waals surface area contributed by atoms with Crippen molar-refractivity contribution in [2.24, 2.45) is 0 Å². The third-order valence-electron chi connectivity index (χ3n) is 2.66. The zero-order valence-electron chi connectivity index (χ0n) is 9.12. The molecule has 0 unspecified atom stereocenters. The van der Waals surface area contributed by atoms with E-state index in [1.807, 2.05) is 0 Å². The van der Waals surface area contributed by atoms with Crippen molar-refractivity contribution in [3.05, 3.63) is 17.2 Å². The largest absolute Gasteiger partial charge is 0.377 e. The van der Waals surface area contributed by atoms with Crippen molar-refractivity contribution in [2.45, 2.75) is 38.7 Å². The molecular formula is C11H17N3O. The van der Waals surface area contributed by atoms with Gasteiger partial charge in [-0.05, 0) is 31.8 Å². The highest BCUT2D eigenvalue weighted by Crippen LogP contribution is 2.23. The molecule has 4 nitrogen and oxygen atoms in total. The highest BCUT2D eigenvalue weighted by molar-refractivity contribution is 5.44. The van der Waals surface area contributed by atoms with Crippen LogP contribution in [0.1, 0.15) is 43.8 Å². The summed E-state index contributed by atoms with van der Waals surface area (Å²) < 4.78 is 4.98. The van der Waals surface area contributed by atoms with E-state index >= 15 is 0 Å². The van der Waals surface area contributed by atoms with Gasteiger partial charge in [-0.15, -0.1) is 0 Å². The number of H-pyrrole nitrogens is 1. The molecule has 0 saturated heterocycles. The quantitative estimate of drug-likeness (QED) is 0.827. The van der Waals surface area contributed by atoms with E-state index in [0.29, 0.717) is 6.61 Å². The number of aromatic amines is 1. The molecule has 82 valence electrons. The van der Waals surface area contributed by atoms with Crippen molar-refractivity contribution in [3.63, 3.8) is 0 Å². The monoisotopic (exact) mass is 207 g/mol. The van der Waals surface area contributed by atoms with E-state index in [1.165, 1.54) is 37.7 Å². The lowest BCUT2D eigenvalue weighted by Crippen LogP contribution is -1.94. The van der Waals surface area contributed by atoms with Gasteiger partial charge in [0.2, 0.25) is 0 Å². The van der Waals surface area contributed by atoms with Gasteiger partial charge in [-0.1, -0.05) is 12.0 Å². The van der Waals surface area contributed by atoms with Crippen molar-refractivity contribution >= 4 is 6.08 Å². The smallest absolute Gasteiger partial charge is 0.173 e. The maximum absolute atomic E-state index is 4.98. The predicted molar refractivity (Wildman–Crippen MR) is 58.2 cm³/mol. The molecule has 1 aromatic rings. The molecule has 0 aromatic carbocycles. The Kier molecular flexibility index (Phi) is 3.50. The van der Waals surface area contributed by atoms with E-state index in [1.54, 1.807) is 7.11 Å². The first-order valence-electron chi connectivity index (χ1n) is 5.48. The number of allylic oxidation sites excluding steroid dienone is 1. The first-order valence-corrected chi connectivity index (χ1v) is 5.48. The van der Waals surface area contributed by atoms with Crippen molar-refractivity contribution in [2.75, 3.05) is 7.11 Å². The zero-order valence-corrected chi connectivity index (χ0v) is 9.12. The van der Waals surface area contributed by atoms with Crippen LogP contribution in [0, 0.1) is 0 Å². The summed E-state index contributed by atoms with van der Waals surface area (Å²) >= 11 is 0. The third kappa shape index (κ3) is 2.89. The number of hydrogen-bond acceptors (Lipinski definition) is 3. The lowest BCUT2D eigenvalue weighted by Gasteiger charge is -2.12. The van der Waals surface area contributed by atoms with Gasteiger partial charge in [0.25, 0.3) is 0 Å². The molecule has 0 radical (unpaired) electrons. The molecule has 0 bridgehead atoms. The summed E-state index contributed by atoms with van der Waals surface area (Å²) in [5, 5.41) is 7.00. The number of methoxy groups -OCH3 is 1. The Morgan fingerprint density at radius 1 is 1.33 bits per heavy atom. The average molecular weight is 207 g/mol. The van der Waals surface area contributed by atoms with Gasteiger partial charge in [0.1, 0.15) is 6.61 Å². The molecule has 0 aliphatic heterocycles. The van der Waals surface area contributed by atoms with Crippen LogP contribution in [0.5, 0.6) is 0 Å². The molecule has 15 heavy (non-hydrogen) atoms. The van der Waals surface area contributed by atoms with E-state index in [4.69, 9.17) is 4.74 Å². The summed E-state index contributed by atoms with van der Waals surface area (Å²) in [4.78, 5) is 4.33. The molecule has 1 aliphatic carbocycles. The molecule has 1 aromatic heterocycles. The fourth-order valence-electron chi connectivity index (χ4n) is 1.91. The normalized spacial score (nSPS) is 16.7.